The molecule has 1 aromatic heterocycles. The maximum Gasteiger partial charge on any atom is 0.268 e. The highest BCUT2D eigenvalue weighted by Gasteiger charge is 2.06. The molecule has 0 unspecified atom stereocenters. The number of aromatic nitrogens is 1. The molecule has 0 fully saturated rings. The molecule has 0 aliphatic rings. The van der Waals surface area contributed by atoms with Crippen LogP contribution in [-0.2, 0) is 7.05 Å². The van der Waals surface area contributed by atoms with Crippen molar-refractivity contribution in [2.75, 3.05) is 19.5 Å². The number of anilines is 1. The summed E-state index contributed by atoms with van der Waals surface area (Å²) in [7, 11) is 4.75. The van der Waals surface area contributed by atoms with Crippen LogP contribution in [0, 0.1) is 11.3 Å². The third kappa shape index (κ3) is 3.52. The number of nitrogens with zero attached hydrogens (tertiary/aromatic N) is 2. The smallest absolute Gasteiger partial charge is 0.268 e. The second-order valence-electron chi connectivity index (χ2n) is 4.72. The first-order valence-corrected chi connectivity index (χ1v) is 6.85. The van der Waals surface area contributed by atoms with E-state index in [4.69, 9.17) is 14.7 Å². The van der Waals surface area contributed by atoms with Gasteiger partial charge in [0.15, 0.2) is 11.5 Å². The molecule has 0 saturated carbocycles. The van der Waals surface area contributed by atoms with Gasteiger partial charge >= 0.3 is 0 Å². The van der Waals surface area contributed by atoms with Crippen LogP contribution >= 0.6 is 0 Å². The van der Waals surface area contributed by atoms with Crippen molar-refractivity contribution in [1.29, 1.82) is 5.26 Å². The molecule has 6 nitrogen and oxygen atoms in total. The minimum Gasteiger partial charge on any atom is -0.493 e. The van der Waals surface area contributed by atoms with Crippen LogP contribution in [0.25, 0.3) is 6.08 Å². The lowest BCUT2D eigenvalue weighted by Crippen LogP contribution is -2.19. The predicted octanol–water partition coefficient (Wildman–Crippen LogP) is 2.36. The van der Waals surface area contributed by atoms with Gasteiger partial charge in [-0.3, -0.25) is 4.79 Å². The van der Waals surface area contributed by atoms with Crippen molar-refractivity contribution in [3.05, 3.63) is 58.1 Å². The normalized spacial score (nSPS) is 10.3. The Morgan fingerprint density at radius 3 is 2.61 bits per heavy atom. The molecular weight excluding hydrogens is 294 g/mol. The predicted molar refractivity (Wildman–Crippen MR) is 88.6 cm³/mol. The van der Waals surface area contributed by atoms with Crippen LogP contribution in [0.15, 0.2) is 41.5 Å². The number of ether oxygens (including phenoxy) is 2. The monoisotopic (exact) mass is 311 g/mol. The molecule has 23 heavy (non-hydrogen) atoms. The van der Waals surface area contributed by atoms with Gasteiger partial charge < -0.3 is 19.4 Å². The number of rotatable bonds is 5. The van der Waals surface area contributed by atoms with Crippen LogP contribution in [0.5, 0.6) is 11.5 Å². The summed E-state index contributed by atoms with van der Waals surface area (Å²) in [6.07, 6.45) is 4.97. The lowest BCUT2D eigenvalue weighted by atomic mass is 10.1. The Hall–Kier alpha value is -3.20. The van der Waals surface area contributed by atoms with Crippen LogP contribution in [0.3, 0.4) is 0 Å². The van der Waals surface area contributed by atoms with Gasteiger partial charge in [-0.1, -0.05) is 0 Å². The first kappa shape index (κ1) is 16.2. The molecule has 0 aliphatic heterocycles. The van der Waals surface area contributed by atoms with Crippen molar-refractivity contribution in [3.8, 4) is 17.6 Å². The van der Waals surface area contributed by atoms with E-state index in [9.17, 15) is 4.79 Å². The topological polar surface area (TPSA) is 76.3 Å². The number of hydrogen-bond donors (Lipinski definition) is 1. The Balaban J connectivity index is 2.22. The fourth-order valence-corrected chi connectivity index (χ4v) is 2.05. The average Bonchev–Trinajstić information content (AvgIpc) is 2.58. The molecule has 118 valence electrons. The molecule has 2 rings (SSSR count). The van der Waals surface area contributed by atoms with Crippen LogP contribution in [-0.4, -0.2) is 18.8 Å². The number of benzene rings is 1. The van der Waals surface area contributed by atoms with E-state index in [-0.39, 0.29) is 11.1 Å². The summed E-state index contributed by atoms with van der Waals surface area (Å²) in [5.74, 6) is 1.25. The Labute approximate surface area is 134 Å². The van der Waals surface area contributed by atoms with Gasteiger partial charge in [0, 0.05) is 36.8 Å². The van der Waals surface area contributed by atoms with Crippen molar-refractivity contribution in [1.82, 2.24) is 4.57 Å². The van der Waals surface area contributed by atoms with Gasteiger partial charge in [0.25, 0.3) is 5.56 Å². The number of pyridine rings is 1. The summed E-state index contributed by atoms with van der Waals surface area (Å²) in [5.41, 5.74) is 1.14. The Bertz CT molecular complexity index is 832. The van der Waals surface area contributed by atoms with Crippen molar-refractivity contribution in [2.45, 2.75) is 0 Å². The van der Waals surface area contributed by atoms with E-state index in [1.54, 1.807) is 57.9 Å². The molecule has 2 aromatic rings. The summed E-state index contributed by atoms with van der Waals surface area (Å²) in [4.78, 5) is 11.9. The fraction of sp³-hybridized carbons (Fsp3) is 0.176. The van der Waals surface area contributed by atoms with E-state index in [1.807, 2.05) is 12.1 Å². The fourth-order valence-electron chi connectivity index (χ4n) is 2.05. The summed E-state index contributed by atoms with van der Waals surface area (Å²) in [6, 6.07) is 9.06. The maximum absolute atomic E-state index is 11.9. The van der Waals surface area contributed by atoms with Crippen molar-refractivity contribution in [3.63, 3.8) is 0 Å². The van der Waals surface area contributed by atoms with Crippen molar-refractivity contribution in [2.24, 2.45) is 7.05 Å². The van der Waals surface area contributed by atoms with Crippen molar-refractivity contribution < 1.29 is 9.47 Å². The summed E-state index contributed by atoms with van der Waals surface area (Å²) < 4.78 is 11.8. The maximum atomic E-state index is 11.9. The lowest BCUT2D eigenvalue weighted by molar-refractivity contribution is 0.355. The molecule has 0 radical (unpaired) electrons. The molecule has 0 aliphatic carbocycles. The molecule has 0 amide bonds. The number of nitrogens with one attached hydrogen (secondary N) is 1. The second-order valence-corrected chi connectivity index (χ2v) is 4.72. The zero-order valence-corrected chi connectivity index (χ0v) is 13.2. The third-order valence-corrected chi connectivity index (χ3v) is 3.31. The molecule has 0 spiro atoms. The standard InChI is InChI=1S/C17H17N3O3/c1-20-9-7-12(14(11-18)17(20)21)6-8-19-13-4-5-15(22-2)16(10-13)23-3/h4-10,19H,1-3H3/b8-6+. The van der Waals surface area contributed by atoms with E-state index in [0.717, 1.165) is 5.69 Å². The first-order chi connectivity index (χ1) is 11.1. The van der Waals surface area contributed by atoms with Gasteiger partial charge in [-0.05, 0) is 24.3 Å². The number of aryl methyl sites for hydroxylation is 1. The average molecular weight is 311 g/mol. The number of methoxy groups -OCH3 is 2. The van der Waals surface area contributed by atoms with Crippen LogP contribution in [0.4, 0.5) is 5.69 Å². The van der Waals surface area contributed by atoms with Gasteiger partial charge in [-0.2, -0.15) is 5.26 Å². The minimum atomic E-state index is -0.319. The highest BCUT2D eigenvalue weighted by Crippen LogP contribution is 2.29. The molecule has 1 aromatic carbocycles. The minimum absolute atomic E-state index is 0.111. The van der Waals surface area contributed by atoms with Gasteiger partial charge in [-0.25, -0.2) is 0 Å². The van der Waals surface area contributed by atoms with E-state index >= 15 is 0 Å². The van der Waals surface area contributed by atoms with E-state index < -0.39 is 0 Å². The molecule has 6 heteroatoms. The second kappa shape index (κ2) is 7.18. The molecule has 1 N–H and O–H groups in total. The molecule has 0 bridgehead atoms. The zero-order chi connectivity index (χ0) is 16.8. The summed E-state index contributed by atoms with van der Waals surface area (Å²) >= 11 is 0. The number of nitriles is 1. The zero-order valence-electron chi connectivity index (χ0n) is 13.2. The first-order valence-electron chi connectivity index (χ1n) is 6.85. The van der Waals surface area contributed by atoms with Crippen LogP contribution in [0.1, 0.15) is 11.1 Å². The number of hydrogen-bond acceptors (Lipinski definition) is 5. The summed E-state index contributed by atoms with van der Waals surface area (Å²) in [6.45, 7) is 0. The van der Waals surface area contributed by atoms with Crippen LogP contribution in [0.2, 0.25) is 0 Å². The highest BCUT2D eigenvalue weighted by molar-refractivity contribution is 5.62. The van der Waals surface area contributed by atoms with Gasteiger partial charge in [0.1, 0.15) is 11.6 Å². The lowest BCUT2D eigenvalue weighted by Gasteiger charge is -2.09. The molecule has 1 heterocycles. The quantitative estimate of drug-likeness (QED) is 0.917. The molecule has 0 saturated heterocycles. The molecule has 0 atom stereocenters. The highest BCUT2D eigenvalue weighted by atomic mass is 16.5. The Morgan fingerprint density at radius 1 is 1.22 bits per heavy atom. The van der Waals surface area contributed by atoms with Crippen LogP contribution < -0.4 is 20.3 Å². The van der Waals surface area contributed by atoms with Crippen molar-refractivity contribution >= 4 is 11.8 Å². The Kier molecular flexibility index (Phi) is 5.05. The third-order valence-electron chi connectivity index (χ3n) is 3.31. The molecular formula is C17H17N3O3. The van der Waals surface area contributed by atoms with E-state index in [2.05, 4.69) is 5.32 Å². The van der Waals surface area contributed by atoms with E-state index in [1.165, 1.54) is 4.57 Å². The Morgan fingerprint density at radius 2 is 1.96 bits per heavy atom. The van der Waals surface area contributed by atoms with Gasteiger partial charge in [0.2, 0.25) is 0 Å². The van der Waals surface area contributed by atoms with Gasteiger partial charge in [-0.15, -0.1) is 0 Å². The SMILES string of the molecule is COc1ccc(N/C=C/c2ccn(C)c(=O)c2C#N)cc1OC. The largest absolute Gasteiger partial charge is 0.493 e. The van der Waals surface area contributed by atoms with E-state index in [0.29, 0.717) is 17.1 Å². The van der Waals surface area contributed by atoms with Gasteiger partial charge in [0.05, 0.1) is 14.2 Å². The summed E-state index contributed by atoms with van der Waals surface area (Å²) in [5, 5.41) is 12.2.